The summed E-state index contributed by atoms with van der Waals surface area (Å²) in [6.07, 6.45) is 1.19. The first kappa shape index (κ1) is 9.24. The quantitative estimate of drug-likeness (QED) is 0.840. The molecular weight excluding hydrogens is 208 g/mol. The summed E-state index contributed by atoms with van der Waals surface area (Å²) in [7, 11) is 0. The van der Waals surface area contributed by atoms with Crippen LogP contribution in [0.25, 0.3) is 0 Å². The van der Waals surface area contributed by atoms with E-state index in [0.717, 1.165) is 19.7 Å². The van der Waals surface area contributed by atoms with Crippen molar-refractivity contribution in [2.75, 3.05) is 19.7 Å². The van der Waals surface area contributed by atoms with Crippen molar-refractivity contribution in [1.82, 2.24) is 10.3 Å². The zero-order valence-corrected chi connectivity index (χ0v) is 8.70. The van der Waals surface area contributed by atoms with E-state index in [2.05, 4.69) is 10.3 Å². The van der Waals surface area contributed by atoms with Gasteiger partial charge >= 0.3 is 0 Å². The van der Waals surface area contributed by atoms with Crippen molar-refractivity contribution in [1.29, 1.82) is 0 Å². The second-order valence-corrected chi connectivity index (χ2v) is 4.31. The Morgan fingerprint density at radius 3 is 3.31 bits per heavy atom. The molecule has 5 heteroatoms. The minimum atomic E-state index is 0.518. The maximum atomic E-state index is 5.66. The average molecular weight is 219 g/mol. The van der Waals surface area contributed by atoms with Crippen LogP contribution in [-0.2, 0) is 0 Å². The molecule has 1 unspecified atom stereocenters. The van der Waals surface area contributed by atoms with Gasteiger partial charge in [0.2, 0.25) is 0 Å². The summed E-state index contributed by atoms with van der Waals surface area (Å²) in [6.45, 7) is 2.91. The van der Waals surface area contributed by atoms with Crippen LogP contribution >= 0.6 is 22.9 Å². The van der Waals surface area contributed by atoms with Crippen LogP contribution in [0.2, 0.25) is 5.15 Å². The maximum Gasteiger partial charge on any atom is 0.274 e. The minimum absolute atomic E-state index is 0.518. The van der Waals surface area contributed by atoms with Crippen molar-refractivity contribution in [3.63, 3.8) is 0 Å². The largest absolute Gasteiger partial charge is 0.470 e. The molecule has 0 radical (unpaired) electrons. The van der Waals surface area contributed by atoms with Crippen LogP contribution in [0.1, 0.15) is 6.42 Å². The molecule has 1 aromatic heterocycles. The summed E-state index contributed by atoms with van der Waals surface area (Å²) < 4.78 is 5.49. The summed E-state index contributed by atoms with van der Waals surface area (Å²) in [5, 5.41) is 6.27. The standard InChI is InChI=1S/C8H11ClN2OS/c9-7-5-13-8(11-7)12-4-6-1-2-10-3-6/h5-6,10H,1-4H2. The molecule has 72 valence electrons. The van der Waals surface area contributed by atoms with E-state index in [1.165, 1.54) is 17.8 Å². The van der Waals surface area contributed by atoms with E-state index in [-0.39, 0.29) is 0 Å². The Morgan fingerprint density at radius 1 is 1.77 bits per heavy atom. The van der Waals surface area contributed by atoms with Gasteiger partial charge < -0.3 is 10.1 Å². The van der Waals surface area contributed by atoms with E-state index >= 15 is 0 Å². The van der Waals surface area contributed by atoms with Gasteiger partial charge in [-0.25, -0.2) is 0 Å². The number of halogens is 1. The Balaban J connectivity index is 1.78. The normalized spacial score (nSPS) is 22.1. The number of thiazole rings is 1. The fraction of sp³-hybridized carbons (Fsp3) is 0.625. The second-order valence-electron chi connectivity index (χ2n) is 3.11. The molecular formula is C8H11ClN2OS. The maximum absolute atomic E-state index is 5.66. The molecule has 1 saturated heterocycles. The number of ether oxygens (including phenoxy) is 1. The van der Waals surface area contributed by atoms with Gasteiger partial charge in [-0.15, -0.1) is 0 Å². The van der Waals surface area contributed by atoms with Gasteiger partial charge in [0.15, 0.2) is 0 Å². The molecule has 1 N–H and O–H groups in total. The monoisotopic (exact) mass is 218 g/mol. The Kier molecular flexibility index (Phi) is 3.03. The molecule has 1 atom stereocenters. The highest BCUT2D eigenvalue weighted by Crippen LogP contribution is 2.22. The average Bonchev–Trinajstić information content (AvgIpc) is 2.71. The first-order valence-electron chi connectivity index (χ1n) is 4.29. The molecule has 13 heavy (non-hydrogen) atoms. The van der Waals surface area contributed by atoms with E-state index in [9.17, 15) is 0 Å². The summed E-state index contributed by atoms with van der Waals surface area (Å²) >= 11 is 7.11. The van der Waals surface area contributed by atoms with E-state index in [0.29, 0.717) is 16.3 Å². The van der Waals surface area contributed by atoms with E-state index in [1.54, 1.807) is 5.38 Å². The van der Waals surface area contributed by atoms with Crippen LogP contribution in [-0.4, -0.2) is 24.7 Å². The van der Waals surface area contributed by atoms with Crippen LogP contribution in [0.4, 0.5) is 0 Å². The van der Waals surface area contributed by atoms with Gasteiger partial charge in [-0.2, -0.15) is 4.98 Å². The number of hydrogen-bond donors (Lipinski definition) is 1. The fourth-order valence-electron chi connectivity index (χ4n) is 1.35. The molecule has 0 aliphatic carbocycles. The van der Waals surface area contributed by atoms with Gasteiger partial charge in [-0.3, -0.25) is 0 Å². The highest BCUT2D eigenvalue weighted by atomic mass is 35.5. The third kappa shape index (κ3) is 2.56. The minimum Gasteiger partial charge on any atom is -0.470 e. The number of rotatable bonds is 3. The molecule has 1 aromatic rings. The molecule has 0 spiro atoms. The number of hydrogen-bond acceptors (Lipinski definition) is 4. The van der Waals surface area contributed by atoms with Crippen LogP contribution in [0, 0.1) is 5.92 Å². The molecule has 0 aromatic carbocycles. The van der Waals surface area contributed by atoms with Crippen LogP contribution in [0.3, 0.4) is 0 Å². The number of aromatic nitrogens is 1. The lowest BCUT2D eigenvalue weighted by Crippen LogP contribution is -2.15. The predicted octanol–water partition coefficient (Wildman–Crippen LogP) is 1.78. The molecule has 3 nitrogen and oxygen atoms in total. The summed E-state index contributed by atoms with van der Waals surface area (Å²) in [5.41, 5.74) is 0. The Bertz CT molecular complexity index is 273. The lowest BCUT2D eigenvalue weighted by Gasteiger charge is -2.07. The number of nitrogens with zero attached hydrogens (tertiary/aromatic N) is 1. The third-order valence-corrected chi connectivity index (χ3v) is 3.13. The summed E-state index contributed by atoms with van der Waals surface area (Å²) in [6, 6.07) is 0. The molecule has 0 bridgehead atoms. The van der Waals surface area contributed by atoms with Gasteiger partial charge in [-0.1, -0.05) is 22.9 Å². The predicted molar refractivity (Wildman–Crippen MR) is 53.6 cm³/mol. The Hall–Kier alpha value is -0.320. The van der Waals surface area contributed by atoms with Gasteiger partial charge in [0.05, 0.1) is 6.61 Å². The summed E-state index contributed by atoms with van der Waals surface area (Å²) in [5.74, 6) is 0.627. The van der Waals surface area contributed by atoms with Crippen molar-refractivity contribution < 1.29 is 4.74 Å². The first-order chi connectivity index (χ1) is 6.34. The lowest BCUT2D eigenvalue weighted by molar-refractivity contribution is 0.259. The molecule has 1 aliphatic rings. The van der Waals surface area contributed by atoms with E-state index in [4.69, 9.17) is 16.3 Å². The van der Waals surface area contributed by atoms with E-state index < -0.39 is 0 Å². The van der Waals surface area contributed by atoms with Crippen molar-refractivity contribution in [3.05, 3.63) is 10.5 Å². The van der Waals surface area contributed by atoms with Crippen molar-refractivity contribution in [3.8, 4) is 5.19 Å². The third-order valence-electron chi connectivity index (χ3n) is 2.06. The number of nitrogens with one attached hydrogen (secondary N) is 1. The second kappa shape index (κ2) is 4.26. The van der Waals surface area contributed by atoms with Gasteiger partial charge in [0.1, 0.15) is 5.15 Å². The van der Waals surface area contributed by atoms with Crippen LogP contribution in [0.5, 0.6) is 5.19 Å². The highest BCUT2D eigenvalue weighted by Gasteiger charge is 2.15. The molecule has 1 aliphatic heterocycles. The van der Waals surface area contributed by atoms with Crippen LogP contribution in [0.15, 0.2) is 5.38 Å². The topological polar surface area (TPSA) is 34.1 Å². The Labute approximate surface area is 86.1 Å². The molecule has 0 saturated carbocycles. The molecule has 2 rings (SSSR count). The molecule has 1 fully saturated rings. The van der Waals surface area contributed by atoms with Gasteiger partial charge in [-0.05, 0) is 13.0 Å². The van der Waals surface area contributed by atoms with Crippen molar-refractivity contribution >= 4 is 22.9 Å². The lowest BCUT2D eigenvalue weighted by atomic mass is 10.1. The van der Waals surface area contributed by atoms with Gasteiger partial charge in [0, 0.05) is 17.8 Å². The van der Waals surface area contributed by atoms with E-state index in [1.807, 2.05) is 0 Å². The SMILES string of the molecule is Clc1csc(OCC2CCNC2)n1. The van der Waals surface area contributed by atoms with Crippen molar-refractivity contribution in [2.45, 2.75) is 6.42 Å². The fourth-order valence-corrected chi connectivity index (χ4v) is 2.15. The molecule has 0 amide bonds. The smallest absolute Gasteiger partial charge is 0.274 e. The zero-order valence-electron chi connectivity index (χ0n) is 7.12. The highest BCUT2D eigenvalue weighted by molar-refractivity contribution is 7.11. The van der Waals surface area contributed by atoms with Crippen LogP contribution < -0.4 is 10.1 Å². The first-order valence-corrected chi connectivity index (χ1v) is 5.55. The van der Waals surface area contributed by atoms with Gasteiger partial charge in [0.25, 0.3) is 5.19 Å². The molecule has 2 heterocycles. The Morgan fingerprint density at radius 2 is 2.69 bits per heavy atom. The van der Waals surface area contributed by atoms with Crippen molar-refractivity contribution in [2.24, 2.45) is 5.92 Å². The summed E-state index contributed by atoms with van der Waals surface area (Å²) in [4.78, 5) is 4.01. The zero-order chi connectivity index (χ0) is 9.10.